The van der Waals surface area contributed by atoms with Crippen molar-refractivity contribution in [1.82, 2.24) is 24.8 Å². The molecule has 1 fully saturated rings. The lowest BCUT2D eigenvalue weighted by Gasteiger charge is -2.33. The van der Waals surface area contributed by atoms with E-state index in [9.17, 15) is 9.59 Å². The van der Waals surface area contributed by atoms with Gasteiger partial charge in [0.1, 0.15) is 0 Å². The largest absolute Gasteiger partial charge is 0.464 e. The van der Waals surface area contributed by atoms with Gasteiger partial charge in [0.05, 0.1) is 37.2 Å². The van der Waals surface area contributed by atoms with E-state index in [4.69, 9.17) is 11.6 Å². The number of carbonyl (C=O) groups is 2. The normalized spacial score (nSPS) is 15.5. The molecule has 2 heterocycles. The zero-order chi connectivity index (χ0) is 19.2. The highest BCUT2D eigenvalue weighted by Crippen LogP contribution is 2.20. The third kappa shape index (κ3) is 5.25. The van der Waals surface area contributed by atoms with Crippen molar-refractivity contribution in [3.63, 3.8) is 0 Å². The van der Waals surface area contributed by atoms with E-state index < -0.39 is 5.97 Å². The molecule has 9 nitrogen and oxygen atoms in total. The molecule has 0 radical (unpaired) electrons. The number of amides is 1. The number of carbonyl (C=O) groups excluding carboxylic acids is 2. The average molecular weight is 393 g/mol. The Hall–Kier alpha value is -2.49. The first-order chi connectivity index (χ1) is 13.0. The van der Waals surface area contributed by atoms with Gasteiger partial charge in [-0.15, -0.1) is 5.10 Å². The number of nitrogens with one attached hydrogen (secondary N) is 1. The van der Waals surface area contributed by atoms with Crippen LogP contribution in [-0.4, -0.2) is 76.5 Å². The number of anilines is 1. The lowest BCUT2D eigenvalue weighted by molar-refractivity contribution is -0.117. The number of halogens is 1. The van der Waals surface area contributed by atoms with Gasteiger partial charge >= 0.3 is 5.97 Å². The van der Waals surface area contributed by atoms with Crippen molar-refractivity contribution < 1.29 is 14.3 Å². The maximum atomic E-state index is 12.2. The molecule has 1 amide bonds. The number of esters is 1. The van der Waals surface area contributed by atoms with Gasteiger partial charge in [0.25, 0.3) is 0 Å². The number of hydrogen-bond acceptors (Lipinski definition) is 7. The summed E-state index contributed by atoms with van der Waals surface area (Å²) in [5, 5.41) is 11.1. The van der Waals surface area contributed by atoms with Crippen molar-refractivity contribution in [3.05, 3.63) is 41.2 Å². The molecule has 1 aliphatic rings. The van der Waals surface area contributed by atoms with E-state index in [-0.39, 0.29) is 11.6 Å². The van der Waals surface area contributed by atoms with Gasteiger partial charge in [0.2, 0.25) is 5.91 Å². The number of para-hydroxylation sites is 1. The molecule has 0 atom stereocenters. The van der Waals surface area contributed by atoms with Crippen LogP contribution in [0.4, 0.5) is 5.69 Å². The maximum Gasteiger partial charge on any atom is 0.360 e. The summed E-state index contributed by atoms with van der Waals surface area (Å²) in [5.41, 5.74) is 0.808. The van der Waals surface area contributed by atoms with Gasteiger partial charge < -0.3 is 10.1 Å². The number of ether oxygens (including phenoxy) is 1. The number of hydrogen-bond donors (Lipinski definition) is 1. The van der Waals surface area contributed by atoms with Crippen LogP contribution in [0.25, 0.3) is 0 Å². The number of nitrogens with zero attached hydrogens (tertiary/aromatic N) is 5. The third-order valence-corrected chi connectivity index (χ3v) is 4.59. The molecule has 2 aromatic rings. The summed E-state index contributed by atoms with van der Waals surface area (Å²) in [7, 11) is 1.31. The summed E-state index contributed by atoms with van der Waals surface area (Å²) >= 11 is 6.06. The van der Waals surface area contributed by atoms with Crippen molar-refractivity contribution in [3.8, 4) is 0 Å². The molecular weight excluding hydrogens is 372 g/mol. The molecule has 1 aromatic carbocycles. The minimum atomic E-state index is -0.504. The molecule has 1 aromatic heterocycles. The molecule has 3 rings (SSSR count). The van der Waals surface area contributed by atoms with E-state index in [1.807, 2.05) is 12.1 Å². The first-order valence-corrected chi connectivity index (χ1v) is 8.90. The van der Waals surface area contributed by atoms with Gasteiger partial charge in [-0.25, -0.2) is 9.48 Å². The molecule has 10 heteroatoms. The second-order valence-corrected chi connectivity index (χ2v) is 6.61. The number of piperazine rings is 1. The van der Waals surface area contributed by atoms with E-state index in [1.54, 1.807) is 23.0 Å². The minimum absolute atomic E-state index is 0.0875. The summed E-state index contributed by atoms with van der Waals surface area (Å²) in [6.07, 6.45) is 1.56. The lowest BCUT2D eigenvalue weighted by atomic mass is 10.3. The standard InChI is InChI=1S/C17H21ClN6O3/c1-27-17(26)15-10-24(21-20-15)12-23-8-6-22(7-9-23)11-16(25)19-14-5-3-2-4-13(14)18/h2-5,10H,6-9,11-12H2,1H3,(H,19,25). The highest BCUT2D eigenvalue weighted by molar-refractivity contribution is 6.33. The number of rotatable bonds is 6. The molecule has 0 bridgehead atoms. The highest BCUT2D eigenvalue weighted by atomic mass is 35.5. The zero-order valence-electron chi connectivity index (χ0n) is 15.0. The molecule has 144 valence electrons. The van der Waals surface area contributed by atoms with E-state index >= 15 is 0 Å². The van der Waals surface area contributed by atoms with Crippen LogP contribution in [0.3, 0.4) is 0 Å². The Morgan fingerprint density at radius 3 is 2.59 bits per heavy atom. The van der Waals surface area contributed by atoms with Crippen molar-refractivity contribution in [2.45, 2.75) is 6.67 Å². The molecule has 0 unspecified atom stereocenters. The highest BCUT2D eigenvalue weighted by Gasteiger charge is 2.20. The van der Waals surface area contributed by atoms with Gasteiger partial charge in [-0.1, -0.05) is 28.9 Å². The first-order valence-electron chi connectivity index (χ1n) is 8.52. The second-order valence-electron chi connectivity index (χ2n) is 6.20. The van der Waals surface area contributed by atoms with Crippen LogP contribution >= 0.6 is 11.6 Å². The topological polar surface area (TPSA) is 92.6 Å². The minimum Gasteiger partial charge on any atom is -0.464 e. The first kappa shape index (κ1) is 19.3. The van der Waals surface area contributed by atoms with Crippen LogP contribution < -0.4 is 5.32 Å². The Bertz CT molecular complexity index is 803. The Morgan fingerprint density at radius 1 is 1.19 bits per heavy atom. The van der Waals surface area contributed by atoms with Crippen molar-refractivity contribution in [2.75, 3.05) is 45.2 Å². The summed E-state index contributed by atoms with van der Waals surface area (Å²) in [6.45, 7) is 3.93. The number of methoxy groups -OCH3 is 1. The fourth-order valence-electron chi connectivity index (χ4n) is 2.81. The summed E-state index contributed by atoms with van der Waals surface area (Å²) in [5.74, 6) is -0.592. The Labute approximate surface area is 161 Å². The van der Waals surface area contributed by atoms with Crippen LogP contribution in [0, 0.1) is 0 Å². The molecule has 1 aliphatic heterocycles. The lowest BCUT2D eigenvalue weighted by Crippen LogP contribution is -2.48. The third-order valence-electron chi connectivity index (χ3n) is 4.26. The van der Waals surface area contributed by atoms with E-state index in [0.717, 1.165) is 26.2 Å². The van der Waals surface area contributed by atoms with Crippen molar-refractivity contribution >= 4 is 29.2 Å². The van der Waals surface area contributed by atoms with Crippen LogP contribution in [0.15, 0.2) is 30.5 Å². The van der Waals surface area contributed by atoms with Gasteiger partial charge in [0.15, 0.2) is 5.69 Å². The van der Waals surface area contributed by atoms with E-state index in [2.05, 4.69) is 30.2 Å². The van der Waals surface area contributed by atoms with Gasteiger partial charge in [-0.3, -0.25) is 14.6 Å². The smallest absolute Gasteiger partial charge is 0.360 e. The Morgan fingerprint density at radius 2 is 1.89 bits per heavy atom. The van der Waals surface area contributed by atoms with Crippen LogP contribution in [0.2, 0.25) is 5.02 Å². The van der Waals surface area contributed by atoms with Gasteiger partial charge in [0, 0.05) is 26.2 Å². The molecule has 27 heavy (non-hydrogen) atoms. The molecule has 0 aliphatic carbocycles. The van der Waals surface area contributed by atoms with Crippen molar-refractivity contribution in [1.29, 1.82) is 0 Å². The fraction of sp³-hybridized carbons (Fsp3) is 0.412. The van der Waals surface area contributed by atoms with Crippen LogP contribution in [0.1, 0.15) is 10.5 Å². The molecular formula is C17H21ClN6O3. The van der Waals surface area contributed by atoms with Gasteiger partial charge in [-0.2, -0.15) is 0 Å². The van der Waals surface area contributed by atoms with E-state index in [0.29, 0.717) is 23.9 Å². The summed E-state index contributed by atoms with van der Waals surface area (Å²) in [6, 6.07) is 7.17. The summed E-state index contributed by atoms with van der Waals surface area (Å²) < 4.78 is 6.22. The Balaban J connectivity index is 1.43. The molecule has 0 saturated carbocycles. The fourth-order valence-corrected chi connectivity index (χ4v) is 3.00. The van der Waals surface area contributed by atoms with E-state index in [1.165, 1.54) is 7.11 Å². The molecule has 1 N–H and O–H groups in total. The quantitative estimate of drug-likeness (QED) is 0.731. The average Bonchev–Trinajstić information content (AvgIpc) is 3.13. The number of aromatic nitrogens is 3. The van der Waals surface area contributed by atoms with Gasteiger partial charge in [-0.05, 0) is 12.1 Å². The maximum absolute atomic E-state index is 12.2. The van der Waals surface area contributed by atoms with Crippen LogP contribution in [0.5, 0.6) is 0 Å². The predicted molar refractivity (Wildman–Crippen MR) is 99.5 cm³/mol. The number of benzene rings is 1. The van der Waals surface area contributed by atoms with Crippen LogP contribution in [-0.2, 0) is 16.2 Å². The monoisotopic (exact) mass is 392 g/mol. The molecule has 1 saturated heterocycles. The van der Waals surface area contributed by atoms with Crippen molar-refractivity contribution in [2.24, 2.45) is 0 Å². The molecule has 0 spiro atoms. The Kier molecular flexibility index (Phi) is 6.38. The summed E-state index contributed by atoms with van der Waals surface area (Å²) in [4.78, 5) is 27.9. The zero-order valence-corrected chi connectivity index (χ0v) is 15.7. The second kappa shape index (κ2) is 8.94. The predicted octanol–water partition coefficient (Wildman–Crippen LogP) is 0.932. The SMILES string of the molecule is COC(=O)c1cn(CN2CCN(CC(=O)Nc3ccccc3Cl)CC2)nn1.